The van der Waals surface area contributed by atoms with Gasteiger partial charge in [-0.15, -0.1) is 0 Å². The largest absolute Gasteiger partial charge is 0.393 e. The lowest BCUT2D eigenvalue weighted by Crippen LogP contribution is -2.70. The second kappa shape index (κ2) is 7.30. The molecule has 160 valence electrons. The molecule has 0 aliphatic rings. The topological polar surface area (TPSA) is 29.1 Å². The average Bonchev–Trinajstić information content (AvgIpc) is 2.55. The third-order valence-electron chi connectivity index (χ3n) is 3.28. The Balaban J connectivity index is 3.37. The van der Waals surface area contributed by atoms with Crippen molar-refractivity contribution < 1.29 is 57.5 Å². The van der Waals surface area contributed by atoms with Gasteiger partial charge >= 0.3 is 41.9 Å². The molecule has 0 atom stereocenters. The van der Waals surface area contributed by atoms with Gasteiger partial charge in [-0.25, -0.2) is 8.78 Å². The highest BCUT2D eigenvalue weighted by Crippen LogP contribution is 2.58. The van der Waals surface area contributed by atoms with Gasteiger partial charge in [0.1, 0.15) is 0 Å². The van der Waals surface area contributed by atoms with Crippen molar-refractivity contribution in [2.24, 2.45) is 0 Å². The number of alkyl halides is 12. The monoisotopic (exact) mass is 499 g/mol. The second-order valence-electron chi connectivity index (χ2n) is 5.16. The van der Waals surface area contributed by atoms with Gasteiger partial charge in [-0.1, -0.05) is 12.1 Å². The van der Waals surface area contributed by atoms with Gasteiger partial charge in [0.2, 0.25) is 0 Å². The first-order valence-electron chi connectivity index (χ1n) is 6.59. The van der Waals surface area contributed by atoms with Gasteiger partial charge in [-0.05, 0) is 28.1 Å². The van der Waals surface area contributed by atoms with Crippen molar-refractivity contribution in [3.05, 3.63) is 28.7 Å². The van der Waals surface area contributed by atoms with Gasteiger partial charge in [0.15, 0.2) is 0 Å². The number of halogens is 13. The molecule has 0 spiro atoms. The molecule has 1 aromatic carbocycles. The molecule has 1 amide bonds. The number of hydrogen-bond acceptors (Lipinski definition) is 1. The van der Waals surface area contributed by atoms with E-state index in [9.17, 15) is 57.5 Å². The van der Waals surface area contributed by atoms with Gasteiger partial charge < -0.3 is 5.32 Å². The predicted molar refractivity (Wildman–Crippen MR) is 73.5 cm³/mol. The molecule has 15 heteroatoms. The van der Waals surface area contributed by atoms with Crippen molar-refractivity contribution in [1.29, 1.82) is 0 Å². The van der Waals surface area contributed by atoms with Crippen molar-refractivity contribution in [1.82, 2.24) is 0 Å². The molecule has 1 N–H and O–H groups in total. The summed E-state index contributed by atoms with van der Waals surface area (Å²) in [5, 5.41) is 1.01. The van der Waals surface area contributed by atoms with Crippen LogP contribution in [0, 0.1) is 0 Å². The molecular weight excluding hydrogens is 494 g/mol. The van der Waals surface area contributed by atoms with Gasteiger partial charge in [0.25, 0.3) is 0 Å². The van der Waals surface area contributed by atoms with E-state index in [4.69, 9.17) is 0 Å². The zero-order valence-electron chi connectivity index (χ0n) is 12.7. The van der Waals surface area contributed by atoms with E-state index in [2.05, 4.69) is 15.9 Å². The van der Waals surface area contributed by atoms with E-state index in [0.717, 1.165) is 23.5 Å². The quantitative estimate of drug-likeness (QED) is 0.470. The summed E-state index contributed by atoms with van der Waals surface area (Å²) >= 11 is 2.66. The maximum atomic E-state index is 13.6. The number of nitrogens with one attached hydrogen (secondary N) is 1. The average molecular weight is 500 g/mol. The van der Waals surface area contributed by atoms with Crippen molar-refractivity contribution in [3.63, 3.8) is 0 Å². The number of carbonyl (C=O) groups is 1. The van der Waals surface area contributed by atoms with E-state index >= 15 is 0 Å². The first-order chi connectivity index (χ1) is 12.4. The maximum absolute atomic E-state index is 13.6. The molecule has 0 unspecified atom stereocenters. The lowest BCUT2D eigenvalue weighted by molar-refractivity contribution is -0.406. The lowest BCUT2D eigenvalue weighted by atomic mass is 9.94. The van der Waals surface area contributed by atoms with Gasteiger partial charge in [0.05, 0.1) is 5.69 Å². The summed E-state index contributed by atoms with van der Waals surface area (Å²) in [6.45, 7) is 0. The van der Waals surface area contributed by atoms with E-state index in [1.807, 2.05) is 0 Å². The Bertz CT molecular complexity index is 736. The Hall–Kier alpha value is -1.67. The molecule has 0 aliphatic carbocycles. The third-order valence-corrected chi connectivity index (χ3v) is 3.97. The van der Waals surface area contributed by atoms with E-state index in [-0.39, 0.29) is 4.47 Å². The fourth-order valence-electron chi connectivity index (χ4n) is 1.65. The molecule has 0 saturated heterocycles. The van der Waals surface area contributed by atoms with E-state index in [1.54, 1.807) is 0 Å². The summed E-state index contributed by atoms with van der Waals surface area (Å²) in [7, 11) is 0. The van der Waals surface area contributed by atoms with E-state index in [1.165, 1.54) is 6.07 Å². The molecule has 0 bridgehead atoms. The molecule has 0 radical (unpaired) electrons. The fraction of sp³-hybridized carbons (Fsp3) is 0.462. The molecule has 0 saturated carbocycles. The van der Waals surface area contributed by atoms with Crippen LogP contribution in [-0.2, 0) is 4.79 Å². The SMILES string of the molecule is O=C(Nc1ccccc1Br)C(F)(F)C(F)(F)C(F)(F)C(F)(F)C(F)(F)C(F)F. The normalized spacial score (nSPS) is 14.4. The summed E-state index contributed by atoms with van der Waals surface area (Å²) in [6, 6.07) is 4.17. The highest BCUT2D eigenvalue weighted by Gasteiger charge is 2.89. The van der Waals surface area contributed by atoms with Gasteiger partial charge in [-0.2, -0.15) is 43.9 Å². The van der Waals surface area contributed by atoms with Crippen molar-refractivity contribution >= 4 is 27.5 Å². The number of anilines is 1. The standard InChI is InChI=1S/C13H6BrF12NO/c14-5-3-1-2-4-6(5)27-8(28)10(19,20)12(23,24)13(25,26)11(21,22)9(17,18)7(15)16/h1-4,7H,(H,27,28). The summed E-state index contributed by atoms with van der Waals surface area (Å²) in [4.78, 5) is 11.3. The Morgan fingerprint density at radius 3 is 1.71 bits per heavy atom. The van der Waals surface area contributed by atoms with Crippen molar-refractivity contribution in [3.8, 4) is 0 Å². The molecule has 0 fully saturated rings. The third kappa shape index (κ3) is 3.52. The fourth-order valence-corrected chi connectivity index (χ4v) is 2.03. The minimum Gasteiger partial charge on any atom is -0.320 e. The van der Waals surface area contributed by atoms with Crippen LogP contribution in [0.2, 0.25) is 0 Å². The highest BCUT2D eigenvalue weighted by atomic mass is 79.9. The van der Waals surface area contributed by atoms with Crippen LogP contribution in [-0.4, -0.2) is 41.9 Å². The van der Waals surface area contributed by atoms with Crippen LogP contribution in [0.25, 0.3) is 0 Å². The summed E-state index contributed by atoms with van der Waals surface area (Å²) in [5.41, 5.74) is -0.698. The molecule has 0 aromatic heterocycles. The molecule has 28 heavy (non-hydrogen) atoms. The lowest BCUT2D eigenvalue weighted by Gasteiger charge is -2.38. The maximum Gasteiger partial charge on any atom is 0.393 e. The van der Waals surface area contributed by atoms with Crippen LogP contribution >= 0.6 is 15.9 Å². The number of rotatable bonds is 7. The Labute approximate surface area is 156 Å². The highest BCUT2D eigenvalue weighted by molar-refractivity contribution is 9.10. The van der Waals surface area contributed by atoms with Crippen LogP contribution in [0.3, 0.4) is 0 Å². The number of carbonyl (C=O) groups excluding carboxylic acids is 1. The van der Waals surface area contributed by atoms with Crippen LogP contribution in [0.5, 0.6) is 0 Å². The smallest absolute Gasteiger partial charge is 0.320 e. The minimum absolute atomic E-state index is 0.233. The summed E-state index contributed by atoms with van der Waals surface area (Å²) in [5.74, 6) is -40.0. The van der Waals surface area contributed by atoms with Crippen LogP contribution in [0.1, 0.15) is 0 Å². The van der Waals surface area contributed by atoms with Gasteiger partial charge in [-0.3, -0.25) is 4.79 Å². The van der Waals surface area contributed by atoms with Crippen LogP contribution in [0.4, 0.5) is 58.4 Å². The van der Waals surface area contributed by atoms with Crippen LogP contribution in [0.15, 0.2) is 28.7 Å². The first-order valence-corrected chi connectivity index (χ1v) is 7.38. The number of amides is 1. The molecule has 1 aromatic rings. The number of benzene rings is 1. The number of para-hydroxylation sites is 1. The number of hydrogen-bond donors (Lipinski definition) is 1. The van der Waals surface area contributed by atoms with Crippen molar-refractivity contribution in [2.45, 2.75) is 36.0 Å². The Kier molecular flexibility index (Phi) is 6.35. The molecule has 0 heterocycles. The molecule has 0 aliphatic heterocycles. The summed E-state index contributed by atoms with van der Waals surface area (Å²) < 4.78 is 156. The predicted octanol–water partition coefficient (Wildman–Crippen LogP) is 5.83. The Morgan fingerprint density at radius 1 is 0.821 bits per heavy atom. The molecular formula is C13H6BrF12NO. The molecule has 1 rings (SSSR count). The zero-order chi connectivity index (χ0) is 22.3. The minimum atomic E-state index is -7.76. The van der Waals surface area contributed by atoms with Gasteiger partial charge in [0, 0.05) is 4.47 Å². The van der Waals surface area contributed by atoms with Crippen molar-refractivity contribution in [2.75, 3.05) is 5.32 Å². The first kappa shape index (κ1) is 24.4. The van der Waals surface area contributed by atoms with Crippen LogP contribution < -0.4 is 5.32 Å². The Morgan fingerprint density at radius 2 is 1.29 bits per heavy atom. The van der Waals surface area contributed by atoms with E-state index in [0.29, 0.717) is 0 Å². The van der Waals surface area contributed by atoms with E-state index < -0.39 is 47.6 Å². The second-order valence-corrected chi connectivity index (χ2v) is 6.01. The summed E-state index contributed by atoms with van der Waals surface area (Å²) in [6.07, 6.45) is -5.60. The molecule has 2 nitrogen and oxygen atoms in total. The zero-order valence-corrected chi connectivity index (χ0v) is 14.3.